The number of carbonyl (C=O) groups excluding carboxylic acids is 3. The van der Waals surface area contributed by atoms with Crippen LogP contribution in [0.25, 0.3) is 0 Å². The van der Waals surface area contributed by atoms with Crippen molar-refractivity contribution < 1.29 is 14.4 Å². The third-order valence-corrected chi connectivity index (χ3v) is 8.35. The Morgan fingerprint density at radius 2 is 1.55 bits per heavy atom. The summed E-state index contributed by atoms with van der Waals surface area (Å²) in [5, 5.41) is 1.03. The van der Waals surface area contributed by atoms with Gasteiger partial charge in [0.05, 0.1) is 22.4 Å². The molecule has 1 heterocycles. The molecule has 168 valence electrons. The van der Waals surface area contributed by atoms with Gasteiger partial charge in [0.2, 0.25) is 11.8 Å². The van der Waals surface area contributed by atoms with E-state index in [1.807, 2.05) is 0 Å². The van der Waals surface area contributed by atoms with Crippen molar-refractivity contribution in [2.45, 2.75) is 6.42 Å². The van der Waals surface area contributed by atoms with E-state index in [2.05, 4.69) is 12.2 Å². The topological polar surface area (TPSA) is 57.7 Å². The molecule has 1 aliphatic heterocycles. The van der Waals surface area contributed by atoms with Gasteiger partial charge in [-0.05, 0) is 66.5 Å². The van der Waals surface area contributed by atoms with Crippen LogP contribution in [-0.2, 0) is 9.59 Å². The van der Waals surface area contributed by atoms with Gasteiger partial charge < -0.3 is 0 Å². The molecule has 0 radical (unpaired) electrons. The summed E-state index contributed by atoms with van der Waals surface area (Å²) in [6.45, 7) is -0.197. The number of rotatable bonds is 4. The average Bonchev–Trinajstić information content (AvgIpc) is 3.57. The van der Waals surface area contributed by atoms with Crippen molar-refractivity contribution in [3.63, 3.8) is 0 Å². The number of amides is 3. The van der Waals surface area contributed by atoms with Gasteiger partial charge in [-0.1, -0.05) is 53.0 Å². The van der Waals surface area contributed by atoms with Gasteiger partial charge in [0.15, 0.2) is 0 Å². The quantitative estimate of drug-likeness (QED) is 0.422. The van der Waals surface area contributed by atoms with Gasteiger partial charge >= 0.3 is 0 Å². The number of anilines is 1. The van der Waals surface area contributed by atoms with E-state index in [4.69, 9.17) is 34.8 Å². The molecule has 0 spiro atoms. The minimum Gasteiger partial charge on any atom is -0.289 e. The highest BCUT2D eigenvalue weighted by Crippen LogP contribution is 2.65. The zero-order chi connectivity index (χ0) is 23.0. The molecule has 1 saturated heterocycles. The van der Waals surface area contributed by atoms with E-state index in [1.165, 1.54) is 21.9 Å². The molecule has 8 heteroatoms. The van der Waals surface area contributed by atoms with E-state index in [1.54, 1.807) is 30.3 Å². The number of likely N-dealkylation sites (tertiary alicyclic amines) is 1. The summed E-state index contributed by atoms with van der Waals surface area (Å²) in [6, 6.07) is 11.4. The lowest BCUT2D eigenvalue weighted by atomic mass is 9.63. The molecular formula is C25H19Cl3N2O3. The van der Waals surface area contributed by atoms with E-state index in [-0.39, 0.29) is 52.7 Å². The van der Waals surface area contributed by atoms with Crippen LogP contribution < -0.4 is 4.90 Å². The molecule has 7 rings (SSSR count). The Labute approximate surface area is 205 Å². The number of hydrogen-bond donors (Lipinski definition) is 0. The Hall–Kier alpha value is -2.34. The third kappa shape index (κ3) is 3.24. The maximum atomic E-state index is 13.6. The SMILES string of the molecule is O=C1C2C3C=CC(C4CC34)C2C(=O)N1CN(C(=O)c1ccc(Cl)cc1Cl)c1cccc(Cl)c1. The highest BCUT2D eigenvalue weighted by Gasteiger charge is 2.67. The lowest BCUT2D eigenvalue weighted by Crippen LogP contribution is -2.45. The van der Waals surface area contributed by atoms with Gasteiger partial charge in [-0.2, -0.15) is 0 Å². The predicted octanol–water partition coefficient (Wildman–Crippen LogP) is 5.30. The number of hydrogen-bond acceptors (Lipinski definition) is 3. The van der Waals surface area contributed by atoms with E-state index in [9.17, 15) is 14.4 Å². The summed E-state index contributed by atoms with van der Waals surface area (Å²) < 4.78 is 0. The number of benzene rings is 2. The van der Waals surface area contributed by atoms with Crippen molar-refractivity contribution in [1.82, 2.24) is 4.90 Å². The average molecular weight is 502 g/mol. The fourth-order valence-electron chi connectivity index (χ4n) is 6.01. The highest BCUT2D eigenvalue weighted by molar-refractivity contribution is 6.37. The normalized spacial score (nSPS) is 30.9. The molecule has 3 fully saturated rings. The molecule has 5 nitrogen and oxygen atoms in total. The van der Waals surface area contributed by atoms with Crippen molar-refractivity contribution in [3.05, 3.63) is 75.2 Å². The molecular weight excluding hydrogens is 483 g/mol. The lowest BCUT2D eigenvalue weighted by Gasteiger charge is -2.37. The Bertz CT molecular complexity index is 1210. The molecule has 2 bridgehead atoms. The van der Waals surface area contributed by atoms with Gasteiger partial charge in [-0.25, -0.2) is 0 Å². The maximum absolute atomic E-state index is 13.6. The molecule has 0 aromatic heterocycles. The standard InChI is InChI=1S/C25H19Cl3N2O3/c26-12-2-1-3-14(8-12)29(23(31)17-5-4-13(27)9-20(17)28)11-30-24(32)21-15-6-7-16(19-10-18(15)19)22(21)25(30)33/h1-9,15-16,18-19,21-22H,10-11H2. The second-order valence-electron chi connectivity index (χ2n) is 9.24. The highest BCUT2D eigenvalue weighted by atomic mass is 35.5. The number of carbonyl (C=O) groups is 3. The first-order valence-corrected chi connectivity index (χ1v) is 12.0. The van der Waals surface area contributed by atoms with Gasteiger partial charge in [0.1, 0.15) is 6.67 Å². The van der Waals surface area contributed by atoms with E-state index in [0.717, 1.165) is 6.42 Å². The molecule has 6 atom stereocenters. The largest absolute Gasteiger partial charge is 0.289 e. The van der Waals surface area contributed by atoms with Crippen LogP contribution in [0.3, 0.4) is 0 Å². The second-order valence-corrected chi connectivity index (χ2v) is 10.5. The fourth-order valence-corrected chi connectivity index (χ4v) is 6.69. The van der Waals surface area contributed by atoms with Crippen LogP contribution in [-0.4, -0.2) is 29.3 Å². The monoisotopic (exact) mass is 500 g/mol. The lowest BCUT2D eigenvalue weighted by molar-refractivity contribution is -0.140. The number of halogens is 3. The van der Waals surface area contributed by atoms with Gasteiger partial charge in [-0.3, -0.25) is 24.2 Å². The molecule has 2 aromatic carbocycles. The number of allylic oxidation sites excluding steroid dienone is 2. The van der Waals surface area contributed by atoms with Crippen LogP contribution in [0.2, 0.25) is 15.1 Å². The summed E-state index contributed by atoms with van der Waals surface area (Å²) in [7, 11) is 0. The summed E-state index contributed by atoms with van der Waals surface area (Å²) in [6.07, 6.45) is 5.35. The van der Waals surface area contributed by atoms with Crippen LogP contribution in [0.15, 0.2) is 54.6 Å². The second kappa shape index (κ2) is 7.59. The van der Waals surface area contributed by atoms with Crippen LogP contribution in [0.1, 0.15) is 16.8 Å². The summed E-state index contributed by atoms with van der Waals surface area (Å²) in [5.74, 6) is -0.238. The molecule has 33 heavy (non-hydrogen) atoms. The maximum Gasteiger partial charge on any atom is 0.261 e. The van der Waals surface area contributed by atoms with Crippen molar-refractivity contribution in [2.24, 2.45) is 35.5 Å². The first-order valence-electron chi connectivity index (χ1n) is 10.9. The van der Waals surface area contributed by atoms with Crippen molar-refractivity contribution in [3.8, 4) is 0 Å². The molecule has 2 saturated carbocycles. The Morgan fingerprint density at radius 3 is 2.15 bits per heavy atom. The molecule has 0 N–H and O–H groups in total. The summed E-state index contributed by atoms with van der Waals surface area (Å²) >= 11 is 18.5. The first-order chi connectivity index (χ1) is 15.8. The molecule has 3 amide bonds. The molecule has 6 unspecified atom stereocenters. The van der Waals surface area contributed by atoms with E-state index < -0.39 is 5.91 Å². The Morgan fingerprint density at radius 1 is 0.909 bits per heavy atom. The van der Waals surface area contributed by atoms with E-state index >= 15 is 0 Å². The number of imide groups is 1. The molecule has 2 aromatic rings. The Kier molecular flexibility index (Phi) is 4.88. The number of nitrogens with zero attached hydrogens (tertiary/aromatic N) is 2. The van der Waals surface area contributed by atoms with E-state index in [0.29, 0.717) is 27.6 Å². The third-order valence-electron chi connectivity index (χ3n) is 7.56. The summed E-state index contributed by atoms with van der Waals surface area (Å²) in [4.78, 5) is 43.2. The smallest absolute Gasteiger partial charge is 0.261 e. The minimum atomic E-state index is -0.446. The van der Waals surface area contributed by atoms with Crippen LogP contribution in [0, 0.1) is 35.5 Å². The van der Waals surface area contributed by atoms with Crippen LogP contribution in [0.5, 0.6) is 0 Å². The zero-order valence-electron chi connectivity index (χ0n) is 17.3. The van der Waals surface area contributed by atoms with Crippen molar-refractivity contribution >= 4 is 58.2 Å². The van der Waals surface area contributed by atoms with Crippen molar-refractivity contribution in [2.75, 3.05) is 11.6 Å². The molecule has 4 aliphatic carbocycles. The van der Waals surface area contributed by atoms with Crippen LogP contribution in [0.4, 0.5) is 5.69 Å². The van der Waals surface area contributed by atoms with Gasteiger partial charge in [0.25, 0.3) is 5.91 Å². The zero-order valence-corrected chi connectivity index (χ0v) is 19.6. The Balaban J connectivity index is 1.36. The van der Waals surface area contributed by atoms with Gasteiger partial charge in [-0.15, -0.1) is 0 Å². The van der Waals surface area contributed by atoms with Gasteiger partial charge in [0, 0.05) is 15.7 Å². The predicted molar refractivity (Wildman–Crippen MR) is 126 cm³/mol. The summed E-state index contributed by atoms with van der Waals surface area (Å²) in [5.41, 5.74) is 0.693. The molecule has 5 aliphatic rings. The first kappa shape index (κ1) is 21.2. The van der Waals surface area contributed by atoms with Crippen molar-refractivity contribution in [1.29, 1.82) is 0 Å². The van der Waals surface area contributed by atoms with Crippen LogP contribution >= 0.6 is 34.8 Å². The fraction of sp³-hybridized carbons (Fsp3) is 0.320. The minimum absolute atomic E-state index is 0.118.